The molecule has 1 aromatic carbocycles. The second kappa shape index (κ2) is 7.85. The zero-order valence-electron chi connectivity index (χ0n) is 13.9. The van der Waals surface area contributed by atoms with Crippen molar-refractivity contribution < 1.29 is 13.9 Å². The molecule has 2 heterocycles. The van der Waals surface area contributed by atoms with E-state index < -0.39 is 0 Å². The van der Waals surface area contributed by atoms with Crippen LogP contribution in [-0.2, 0) is 0 Å². The standard InChI is InChI=1S/C18H17N3O3S/c1-12-7-8-13(24-12)9-10-17-19-18(21-20-17)25-11-15(22)14-5-3-4-6-16(14)23-2/h3-10H,11H2,1-2H3,(H,19,20,21). The topological polar surface area (TPSA) is 81.0 Å². The molecule has 7 heteroatoms. The molecule has 0 unspecified atom stereocenters. The summed E-state index contributed by atoms with van der Waals surface area (Å²) in [6.45, 7) is 1.89. The average molecular weight is 355 g/mol. The Labute approximate surface area is 149 Å². The maximum atomic E-state index is 12.3. The summed E-state index contributed by atoms with van der Waals surface area (Å²) in [5, 5.41) is 7.44. The van der Waals surface area contributed by atoms with Gasteiger partial charge in [-0.05, 0) is 43.3 Å². The number of para-hydroxylation sites is 1. The van der Waals surface area contributed by atoms with E-state index in [1.54, 1.807) is 25.3 Å². The predicted octanol–water partition coefficient (Wildman–Crippen LogP) is 3.86. The summed E-state index contributed by atoms with van der Waals surface area (Å²) in [7, 11) is 1.55. The minimum atomic E-state index is -0.0320. The normalized spacial score (nSPS) is 11.1. The number of aryl methyl sites for hydroxylation is 1. The van der Waals surface area contributed by atoms with Crippen molar-refractivity contribution in [3.05, 3.63) is 59.3 Å². The number of methoxy groups -OCH3 is 1. The maximum Gasteiger partial charge on any atom is 0.209 e. The molecule has 0 spiro atoms. The second-order valence-corrected chi connectivity index (χ2v) is 6.14. The van der Waals surface area contributed by atoms with Gasteiger partial charge in [-0.15, -0.1) is 5.10 Å². The summed E-state index contributed by atoms with van der Waals surface area (Å²) < 4.78 is 10.7. The molecule has 0 fully saturated rings. The molecule has 3 aromatic rings. The summed E-state index contributed by atoms with van der Waals surface area (Å²) in [5.74, 6) is 2.97. The fourth-order valence-corrected chi connectivity index (χ4v) is 2.87. The van der Waals surface area contributed by atoms with Gasteiger partial charge in [0.25, 0.3) is 0 Å². The number of hydrogen-bond donors (Lipinski definition) is 1. The average Bonchev–Trinajstić information content (AvgIpc) is 3.26. The van der Waals surface area contributed by atoms with Crippen LogP contribution in [0.25, 0.3) is 12.2 Å². The number of aromatic amines is 1. The number of rotatable bonds is 7. The number of carbonyl (C=O) groups excluding carboxylic acids is 1. The van der Waals surface area contributed by atoms with E-state index in [9.17, 15) is 4.79 Å². The highest BCUT2D eigenvalue weighted by Gasteiger charge is 2.13. The van der Waals surface area contributed by atoms with E-state index in [2.05, 4.69) is 15.2 Å². The van der Waals surface area contributed by atoms with E-state index >= 15 is 0 Å². The molecule has 0 amide bonds. The van der Waals surface area contributed by atoms with Gasteiger partial charge in [0.1, 0.15) is 23.1 Å². The van der Waals surface area contributed by atoms with E-state index in [0.717, 1.165) is 11.5 Å². The quantitative estimate of drug-likeness (QED) is 0.512. The number of benzene rings is 1. The van der Waals surface area contributed by atoms with Gasteiger partial charge in [0.15, 0.2) is 5.78 Å². The van der Waals surface area contributed by atoms with E-state index in [-0.39, 0.29) is 11.5 Å². The van der Waals surface area contributed by atoms with Crippen LogP contribution in [0.5, 0.6) is 5.75 Å². The Kier molecular flexibility index (Phi) is 5.35. The van der Waals surface area contributed by atoms with Crippen molar-refractivity contribution in [2.75, 3.05) is 12.9 Å². The third-order valence-corrected chi connectivity index (χ3v) is 4.24. The number of hydrogen-bond acceptors (Lipinski definition) is 6. The molecule has 0 bridgehead atoms. The minimum absolute atomic E-state index is 0.0320. The van der Waals surface area contributed by atoms with Crippen molar-refractivity contribution in [2.24, 2.45) is 0 Å². The monoisotopic (exact) mass is 355 g/mol. The number of H-pyrrole nitrogens is 1. The number of ketones is 1. The second-order valence-electron chi connectivity index (χ2n) is 5.20. The molecule has 6 nitrogen and oxygen atoms in total. The van der Waals surface area contributed by atoms with Crippen LogP contribution in [0, 0.1) is 6.92 Å². The number of thioether (sulfide) groups is 1. The van der Waals surface area contributed by atoms with Gasteiger partial charge >= 0.3 is 0 Å². The lowest BCUT2D eigenvalue weighted by Crippen LogP contribution is -2.04. The Morgan fingerprint density at radius 3 is 2.88 bits per heavy atom. The first-order valence-electron chi connectivity index (χ1n) is 7.61. The zero-order chi connectivity index (χ0) is 17.6. The Morgan fingerprint density at radius 2 is 2.12 bits per heavy atom. The number of aromatic nitrogens is 3. The molecule has 0 saturated carbocycles. The Hall–Kier alpha value is -2.80. The molecule has 0 radical (unpaired) electrons. The summed E-state index contributed by atoms with van der Waals surface area (Å²) in [6, 6.07) is 10.9. The van der Waals surface area contributed by atoms with Crippen LogP contribution in [0.1, 0.15) is 27.7 Å². The van der Waals surface area contributed by atoms with Gasteiger partial charge in [0.05, 0.1) is 18.4 Å². The van der Waals surface area contributed by atoms with Crippen molar-refractivity contribution in [1.82, 2.24) is 15.2 Å². The van der Waals surface area contributed by atoms with Gasteiger partial charge in [-0.1, -0.05) is 23.9 Å². The minimum Gasteiger partial charge on any atom is -0.496 e. The number of furan rings is 1. The highest BCUT2D eigenvalue weighted by atomic mass is 32.2. The van der Waals surface area contributed by atoms with Crippen LogP contribution in [0.15, 0.2) is 46.0 Å². The maximum absolute atomic E-state index is 12.3. The Balaban J connectivity index is 1.60. The third-order valence-electron chi connectivity index (χ3n) is 3.39. The smallest absolute Gasteiger partial charge is 0.209 e. The molecular formula is C18H17N3O3S. The molecule has 25 heavy (non-hydrogen) atoms. The van der Waals surface area contributed by atoms with E-state index in [4.69, 9.17) is 9.15 Å². The molecule has 0 aliphatic carbocycles. The number of carbonyl (C=O) groups is 1. The van der Waals surface area contributed by atoms with Crippen LogP contribution in [0.2, 0.25) is 0 Å². The molecule has 3 rings (SSSR count). The summed E-state index contributed by atoms with van der Waals surface area (Å²) in [6.07, 6.45) is 3.58. The van der Waals surface area contributed by atoms with E-state index in [1.165, 1.54) is 11.8 Å². The molecule has 0 saturated heterocycles. The van der Waals surface area contributed by atoms with Crippen LogP contribution in [0.3, 0.4) is 0 Å². The number of nitrogens with one attached hydrogen (secondary N) is 1. The van der Waals surface area contributed by atoms with E-state index in [0.29, 0.717) is 22.3 Å². The predicted molar refractivity (Wildman–Crippen MR) is 96.8 cm³/mol. The van der Waals surface area contributed by atoms with Crippen LogP contribution >= 0.6 is 11.8 Å². The van der Waals surface area contributed by atoms with Gasteiger partial charge in [-0.25, -0.2) is 4.98 Å². The molecule has 0 aliphatic rings. The summed E-state index contributed by atoms with van der Waals surface area (Å²) in [5.41, 5.74) is 0.557. The van der Waals surface area contributed by atoms with Gasteiger partial charge < -0.3 is 9.15 Å². The summed E-state index contributed by atoms with van der Waals surface area (Å²) >= 11 is 1.27. The SMILES string of the molecule is COc1ccccc1C(=O)CSc1n[nH]c(C=Cc2ccc(C)o2)n1. The van der Waals surface area contributed by atoms with Crippen molar-refractivity contribution in [2.45, 2.75) is 12.1 Å². The van der Waals surface area contributed by atoms with Crippen LogP contribution in [0.4, 0.5) is 0 Å². The fraction of sp³-hybridized carbons (Fsp3) is 0.167. The molecule has 1 N–H and O–H groups in total. The number of Topliss-reactive ketones (excluding diaryl/α,β-unsaturated/α-hetero) is 1. The molecular weight excluding hydrogens is 338 g/mol. The molecule has 0 atom stereocenters. The van der Waals surface area contributed by atoms with Gasteiger partial charge in [-0.3, -0.25) is 9.89 Å². The van der Waals surface area contributed by atoms with Crippen LogP contribution < -0.4 is 4.74 Å². The van der Waals surface area contributed by atoms with Crippen molar-refractivity contribution in [3.63, 3.8) is 0 Å². The lowest BCUT2D eigenvalue weighted by atomic mass is 10.1. The first-order valence-corrected chi connectivity index (χ1v) is 8.60. The fourth-order valence-electron chi connectivity index (χ4n) is 2.18. The molecule has 128 valence electrons. The molecule has 0 aliphatic heterocycles. The van der Waals surface area contributed by atoms with Crippen LogP contribution in [-0.4, -0.2) is 33.8 Å². The van der Waals surface area contributed by atoms with Crippen molar-refractivity contribution in [3.8, 4) is 5.75 Å². The Bertz CT molecular complexity index is 898. The first kappa shape index (κ1) is 17.0. The third kappa shape index (κ3) is 4.39. The highest BCUT2D eigenvalue weighted by Crippen LogP contribution is 2.21. The number of nitrogens with zero attached hydrogens (tertiary/aromatic N) is 2. The first-order chi connectivity index (χ1) is 12.2. The van der Waals surface area contributed by atoms with Gasteiger partial charge in [0.2, 0.25) is 5.16 Å². The van der Waals surface area contributed by atoms with E-state index in [1.807, 2.05) is 37.3 Å². The van der Waals surface area contributed by atoms with Crippen molar-refractivity contribution in [1.29, 1.82) is 0 Å². The lowest BCUT2D eigenvalue weighted by Gasteiger charge is -2.05. The Morgan fingerprint density at radius 1 is 1.28 bits per heavy atom. The lowest BCUT2D eigenvalue weighted by molar-refractivity contribution is 0.101. The van der Waals surface area contributed by atoms with Crippen molar-refractivity contribution >= 4 is 29.7 Å². The summed E-state index contributed by atoms with van der Waals surface area (Å²) in [4.78, 5) is 16.6. The number of ether oxygens (including phenoxy) is 1. The molecule has 2 aromatic heterocycles. The van der Waals surface area contributed by atoms with Gasteiger partial charge in [0, 0.05) is 0 Å². The zero-order valence-corrected chi connectivity index (χ0v) is 14.7. The van der Waals surface area contributed by atoms with Gasteiger partial charge in [-0.2, -0.15) is 0 Å². The largest absolute Gasteiger partial charge is 0.496 e. The highest BCUT2D eigenvalue weighted by molar-refractivity contribution is 7.99.